The summed E-state index contributed by atoms with van der Waals surface area (Å²) in [7, 11) is 1.34. The van der Waals surface area contributed by atoms with E-state index in [4.69, 9.17) is 4.74 Å². The molecule has 0 spiro atoms. The predicted molar refractivity (Wildman–Crippen MR) is 85.8 cm³/mol. The fourth-order valence-corrected chi connectivity index (χ4v) is 2.36. The van der Waals surface area contributed by atoms with E-state index in [0.717, 1.165) is 11.4 Å². The Morgan fingerprint density at radius 1 is 1.30 bits per heavy atom. The first kappa shape index (κ1) is 16.7. The van der Waals surface area contributed by atoms with E-state index in [1.807, 2.05) is 37.3 Å². The Balaban J connectivity index is 2.23. The van der Waals surface area contributed by atoms with Gasteiger partial charge >= 0.3 is 5.97 Å². The maximum atomic E-state index is 12.4. The van der Waals surface area contributed by atoms with Gasteiger partial charge in [-0.1, -0.05) is 37.3 Å². The highest BCUT2D eigenvalue weighted by Gasteiger charge is 2.28. The van der Waals surface area contributed by atoms with Gasteiger partial charge in [-0.25, -0.2) is 4.98 Å². The number of amides is 1. The zero-order valence-electron chi connectivity index (χ0n) is 13.5. The maximum Gasteiger partial charge on any atom is 0.310 e. The van der Waals surface area contributed by atoms with Crippen molar-refractivity contribution < 1.29 is 14.3 Å². The predicted octanol–water partition coefficient (Wildman–Crippen LogP) is 2.25. The highest BCUT2D eigenvalue weighted by atomic mass is 16.5. The van der Waals surface area contributed by atoms with Crippen molar-refractivity contribution in [1.82, 2.24) is 15.3 Å². The van der Waals surface area contributed by atoms with Crippen LogP contribution in [0.25, 0.3) is 0 Å². The molecule has 2 N–H and O–H groups in total. The zero-order chi connectivity index (χ0) is 16.8. The lowest BCUT2D eigenvalue weighted by atomic mass is 9.94. The average molecular weight is 315 g/mol. The monoisotopic (exact) mass is 315 g/mol. The Hall–Kier alpha value is -2.63. The van der Waals surface area contributed by atoms with Crippen LogP contribution in [0, 0.1) is 5.92 Å². The molecule has 0 aliphatic rings. The van der Waals surface area contributed by atoms with Crippen molar-refractivity contribution in [3.8, 4) is 0 Å². The second kappa shape index (κ2) is 7.58. The van der Waals surface area contributed by atoms with Crippen LogP contribution in [0.1, 0.15) is 41.8 Å². The van der Waals surface area contributed by atoms with Crippen LogP contribution in [0.2, 0.25) is 0 Å². The molecule has 0 bridgehead atoms. The van der Waals surface area contributed by atoms with Gasteiger partial charge in [-0.2, -0.15) is 0 Å². The van der Waals surface area contributed by atoms with Crippen molar-refractivity contribution in [2.45, 2.75) is 26.3 Å². The van der Waals surface area contributed by atoms with Gasteiger partial charge < -0.3 is 15.0 Å². The number of rotatable bonds is 6. The topological polar surface area (TPSA) is 84.1 Å². The molecule has 2 aromatic rings. The fraction of sp³-hybridized carbons (Fsp3) is 0.353. The number of esters is 1. The van der Waals surface area contributed by atoms with Crippen LogP contribution in [-0.4, -0.2) is 29.0 Å². The van der Waals surface area contributed by atoms with Crippen molar-refractivity contribution in [3.05, 3.63) is 53.6 Å². The number of nitrogens with one attached hydrogen (secondary N) is 2. The Morgan fingerprint density at radius 2 is 2.00 bits per heavy atom. The molecule has 0 saturated heterocycles. The molecule has 1 heterocycles. The minimum Gasteiger partial charge on any atom is -0.469 e. The molecule has 2 rings (SSSR count). The number of benzene rings is 1. The first-order valence-corrected chi connectivity index (χ1v) is 7.54. The van der Waals surface area contributed by atoms with Gasteiger partial charge in [0.25, 0.3) is 5.91 Å². The van der Waals surface area contributed by atoms with Crippen LogP contribution in [0.4, 0.5) is 0 Å². The molecule has 6 heteroatoms. The van der Waals surface area contributed by atoms with Crippen molar-refractivity contribution in [1.29, 1.82) is 0 Å². The van der Waals surface area contributed by atoms with E-state index in [2.05, 4.69) is 15.3 Å². The lowest BCUT2D eigenvalue weighted by Crippen LogP contribution is -2.36. The van der Waals surface area contributed by atoms with Crippen molar-refractivity contribution in [3.63, 3.8) is 0 Å². The number of hydrogen-bond donors (Lipinski definition) is 2. The summed E-state index contributed by atoms with van der Waals surface area (Å²) in [6.45, 7) is 3.68. The van der Waals surface area contributed by atoms with E-state index in [9.17, 15) is 9.59 Å². The third kappa shape index (κ3) is 3.97. The Bertz CT molecular complexity index is 667. The first-order valence-electron chi connectivity index (χ1n) is 7.54. The molecule has 1 aromatic carbocycles. The SMILES string of the molecule is CCc1ncc(C(=O)N[C@H](c2ccccc2)[C@@H](C)C(=O)OC)[nH]1. The maximum absolute atomic E-state index is 12.4. The van der Waals surface area contributed by atoms with E-state index in [1.54, 1.807) is 6.92 Å². The number of H-pyrrole nitrogens is 1. The molecule has 1 amide bonds. The van der Waals surface area contributed by atoms with Gasteiger partial charge in [-0.3, -0.25) is 9.59 Å². The van der Waals surface area contributed by atoms with Gasteiger partial charge in [0, 0.05) is 6.42 Å². The number of carbonyl (C=O) groups excluding carboxylic acids is 2. The third-order valence-electron chi connectivity index (χ3n) is 3.73. The molecule has 0 unspecified atom stereocenters. The molecule has 1 aromatic heterocycles. The lowest BCUT2D eigenvalue weighted by molar-refractivity contribution is -0.145. The van der Waals surface area contributed by atoms with Gasteiger partial charge in [0.15, 0.2) is 0 Å². The van der Waals surface area contributed by atoms with E-state index in [1.165, 1.54) is 13.3 Å². The second-order valence-corrected chi connectivity index (χ2v) is 5.27. The molecule has 122 valence electrons. The summed E-state index contributed by atoms with van der Waals surface area (Å²) in [5, 5.41) is 2.89. The minimum atomic E-state index is -0.514. The zero-order valence-corrected chi connectivity index (χ0v) is 13.5. The normalized spacial score (nSPS) is 13.2. The molecule has 0 saturated carbocycles. The lowest BCUT2D eigenvalue weighted by Gasteiger charge is -2.23. The number of imidazole rings is 1. The molecule has 0 radical (unpaired) electrons. The number of ether oxygens (including phenoxy) is 1. The molecular formula is C17H21N3O3. The van der Waals surface area contributed by atoms with Crippen LogP contribution in [0.3, 0.4) is 0 Å². The fourth-order valence-electron chi connectivity index (χ4n) is 2.36. The van der Waals surface area contributed by atoms with E-state index in [0.29, 0.717) is 12.1 Å². The van der Waals surface area contributed by atoms with Gasteiger partial charge in [0.1, 0.15) is 11.5 Å². The Labute approximate surface area is 135 Å². The molecule has 0 aliphatic carbocycles. The first-order chi connectivity index (χ1) is 11.1. The number of aromatic amines is 1. The summed E-state index contributed by atoms with van der Waals surface area (Å²) in [5.74, 6) is -0.452. The van der Waals surface area contributed by atoms with Crippen LogP contribution in [0.15, 0.2) is 36.5 Å². The number of aryl methyl sites for hydroxylation is 1. The van der Waals surface area contributed by atoms with Crippen molar-refractivity contribution >= 4 is 11.9 Å². The quantitative estimate of drug-likeness (QED) is 0.801. The van der Waals surface area contributed by atoms with E-state index >= 15 is 0 Å². The van der Waals surface area contributed by atoms with Crippen LogP contribution >= 0.6 is 0 Å². The molecule has 23 heavy (non-hydrogen) atoms. The summed E-state index contributed by atoms with van der Waals surface area (Å²) in [6.07, 6.45) is 2.22. The number of carbonyl (C=O) groups is 2. The van der Waals surface area contributed by atoms with Crippen LogP contribution in [0.5, 0.6) is 0 Å². The largest absolute Gasteiger partial charge is 0.469 e. The molecule has 2 atom stereocenters. The summed E-state index contributed by atoms with van der Waals surface area (Å²) >= 11 is 0. The standard InChI is InChI=1S/C17H21N3O3/c1-4-14-18-10-13(19-14)16(21)20-15(11(2)17(22)23-3)12-8-6-5-7-9-12/h5-11,15H,4H2,1-3H3,(H,18,19)(H,20,21)/t11-,15+/m1/s1. The summed E-state index contributed by atoms with van der Waals surface area (Å²) in [5.41, 5.74) is 1.22. The van der Waals surface area contributed by atoms with Crippen LogP contribution < -0.4 is 5.32 Å². The van der Waals surface area contributed by atoms with E-state index in [-0.39, 0.29) is 11.9 Å². The average Bonchev–Trinajstić information content (AvgIpc) is 3.08. The van der Waals surface area contributed by atoms with Crippen molar-refractivity contribution in [2.24, 2.45) is 5.92 Å². The molecule has 0 fully saturated rings. The highest BCUT2D eigenvalue weighted by molar-refractivity contribution is 5.92. The van der Waals surface area contributed by atoms with E-state index < -0.39 is 12.0 Å². The van der Waals surface area contributed by atoms with Gasteiger partial charge in [-0.15, -0.1) is 0 Å². The molecular weight excluding hydrogens is 294 g/mol. The smallest absolute Gasteiger partial charge is 0.310 e. The second-order valence-electron chi connectivity index (χ2n) is 5.27. The number of hydrogen-bond acceptors (Lipinski definition) is 4. The highest BCUT2D eigenvalue weighted by Crippen LogP contribution is 2.23. The van der Waals surface area contributed by atoms with Gasteiger partial charge in [0.05, 0.1) is 25.3 Å². The molecule has 6 nitrogen and oxygen atoms in total. The number of methoxy groups -OCH3 is 1. The summed E-state index contributed by atoms with van der Waals surface area (Å²) in [6, 6.07) is 8.87. The number of nitrogens with zero attached hydrogens (tertiary/aromatic N) is 1. The Morgan fingerprint density at radius 3 is 2.57 bits per heavy atom. The summed E-state index contributed by atoms with van der Waals surface area (Å²) < 4.78 is 4.81. The third-order valence-corrected chi connectivity index (χ3v) is 3.73. The molecule has 0 aliphatic heterocycles. The van der Waals surface area contributed by atoms with Crippen LogP contribution in [-0.2, 0) is 16.0 Å². The minimum absolute atomic E-state index is 0.304. The van der Waals surface area contributed by atoms with Gasteiger partial charge in [0.2, 0.25) is 0 Å². The number of aromatic nitrogens is 2. The Kier molecular flexibility index (Phi) is 5.51. The summed E-state index contributed by atoms with van der Waals surface area (Å²) in [4.78, 5) is 31.4. The van der Waals surface area contributed by atoms with Gasteiger partial charge in [-0.05, 0) is 12.5 Å². The van der Waals surface area contributed by atoms with Crippen molar-refractivity contribution in [2.75, 3.05) is 7.11 Å².